The Hall–Kier alpha value is -5.14. The van der Waals surface area contributed by atoms with Crippen LogP contribution in [0.2, 0.25) is 0 Å². The predicted octanol–water partition coefficient (Wildman–Crippen LogP) is 4.50. The summed E-state index contributed by atoms with van der Waals surface area (Å²) in [7, 11) is 1.70. The molecule has 5 rings (SSSR count). The van der Waals surface area contributed by atoms with Gasteiger partial charge in [-0.25, -0.2) is 0 Å². The highest BCUT2D eigenvalue weighted by molar-refractivity contribution is 6.05. The third-order valence-corrected chi connectivity index (χ3v) is 6.83. The van der Waals surface area contributed by atoms with E-state index < -0.39 is 0 Å². The largest absolute Gasteiger partial charge is 0.393 e. The van der Waals surface area contributed by atoms with Gasteiger partial charge in [-0.05, 0) is 85.6 Å². The van der Waals surface area contributed by atoms with E-state index in [1.165, 1.54) is 4.68 Å². The molecule has 0 atom stereocenters. The number of carbonyl (C=O) groups excluding carboxylic acids is 2. The molecule has 0 aliphatic carbocycles. The molecule has 0 spiro atoms. The maximum atomic E-state index is 12.8. The summed E-state index contributed by atoms with van der Waals surface area (Å²) < 4.78 is 1.50. The van der Waals surface area contributed by atoms with Crippen LogP contribution in [0.15, 0.2) is 79.0 Å². The number of anilines is 5. The summed E-state index contributed by atoms with van der Waals surface area (Å²) in [5, 5.41) is 32.3. The first-order valence-corrected chi connectivity index (χ1v) is 12.9. The second-order valence-electron chi connectivity index (χ2n) is 9.59. The summed E-state index contributed by atoms with van der Waals surface area (Å²) in [4.78, 5) is 27.4. The lowest BCUT2D eigenvalue weighted by Crippen LogP contribution is -2.35. The van der Waals surface area contributed by atoms with Gasteiger partial charge in [0.05, 0.1) is 17.4 Å². The van der Waals surface area contributed by atoms with Gasteiger partial charge < -0.3 is 26.0 Å². The Kier molecular flexibility index (Phi) is 7.75. The highest BCUT2D eigenvalue weighted by Gasteiger charge is 2.18. The van der Waals surface area contributed by atoms with Gasteiger partial charge in [0.15, 0.2) is 0 Å². The van der Waals surface area contributed by atoms with Crippen molar-refractivity contribution in [2.75, 3.05) is 33.9 Å². The number of hydrogen-bond donors (Lipinski definition) is 4. The molecule has 4 aromatic rings. The molecule has 0 unspecified atom stereocenters. The molecule has 3 aromatic carbocycles. The minimum atomic E-state index is -0.269. The van der Waals surface area contributed by atoms with Crippen LogP contribution in [-0.2, 0) is 7.05 Å². The number of carbonyl (C=O) groups is 2. The average Bonchev–Trinajstić information content (AvgIpc) is 3.41. The van der Waals surface area contributed by atoms with Crippen LogP contribution in [-0.4, -0.2) is 45.9 Å². The topological polar surface area (TPSA) is 135 Å². The fourth-order valence-electron chi connectivity index (χ4n) is 4.56. The molecule has 0 radical (unpaired) electrons. The number of aromatic nitrogens is 2. The SMILES string of the molecule is Cn1nccc1C(=O)Nc1ccc(Nc2ccc(NC(=O)c3ccc(N4CCC(O)CC4)cc3)cc2C#N)cc1. The molecule has 1 aliphatic heterocycles. The molecule has 4 N–H and O–H groups in total. The Balaban J connectivity index is 1.20. The molecule has 1 saturated heterocycles. The first-order valence-electron chi connectivity index (χ1n) is 12.9. The highest BCUT2D eigenvalue weighted by atomic mass is 16.3. The molecule has 0 saturated carbocycles. The van der Waals surface area contributed by atoms with Crippen molar-refractivity contribution in [2.45, 2.75) is 18.9 Å². The minimum absolute atomic E-state index is 0.237. The van der Waals surface area contributed by atoms with E-state index in [0.29, 0.717) is 33.9 Å². The number of amides is 2. The van der Waals surface area contributed by atoms with Gasteiger partial charge in [0, 0.05) is 54.6 Å². The molecule has 202 valence electrons. The van der Waals surface area contributed by atoms with Crippen LogP contribution in [0.3, 0.4) is 0 Å². The van der Waals surface area contributed by atoms with Crippen LogP contribution in [0, 0.1) is 11.3 Å². The summed E-state index contributed by atoms with van der Waals surface area (Å²) in [5.74, 6) is -0.530. The third-order valence-electron chi connectivity index (χ3n) is 6.83. The molecule has 1 aromatic heterocycles. The smallest absolute Gasteiger partial charge is 0.273 e. The number of rotatable bonds is 7. The highest BCUT2D eigenvalue weighted by Crippen LogP contribution is 2.26. The van der Waals surface area contributed by atoms with E-state index in [2.05, 4.69) is 32.0 Å². The lowest BCUT2D eigenvalue weighted by molar-refractivity contribution is 0.101. The maximum Gasteiger partial charge on any atom is 0.273 e. The van der Waals surface area contributed by atoms with Gasteiger partial charge in [-0.15, -0.1) is 0 Å². The number of aliphatic hydroxyl groups is 1. The van der Waals surface area contributed by atoms with Crippen molar-refractivity contribution >= 4 is 40.3 Å². The Morgan fingerprint density at radius 2 is 1.55 bits per heavy atom. The van der Waals surface area contributed by atoms with Crippen LogP contribution < -0.4 is 20.9 Å². The van der Waals surface area contributed by atoms with Gasteiger partial charge in [0.1, 0.15) is 11.8 Å². The van der Waals surface area contributed by atoms with Crippen LogP contribution in [0.5, 0.6) is 0 Å². The lowest BCUT2D eigenvalue weighted by atomic mass is 10.1. The van der Waals surface area contributed by atoms with Crippen molar-refractivity contribution in [1.29, 1.82) is 5.26 Å². The second-order valence-corrected chi connectivity index (χ2v) is 9.59. The number of nitrogens with one attached hydrogen (secondary N) is 3. The molecule has 1 fully saturated rings. The van der Waals surface area contributed by atoms with E-state index in [-0.39, 0.29) is 17.9 Å². The van der Waals surface area contributed by atoms with E-state index in [1.54, 1.807) is 73.9 Å². The minimum Gasteiger partial charge on any atom is -0.393 e. The van der Waals surface area contributed by atoms with Crippen molar-refractivity contribution < 1.29 is 14.7 Å². The third kappa shape index (κ3) is 6.11. The van der Waals surface area contributed by atoms with Crippen LogP contribution >= 0.6 is 0 Å². The zero-order valence-electron chi connectivity index (χ0n) is 22.0. The molecule has 0 bridgehead atoms. The molecule has 2 heterocycles. The van der Waals surface area contributed by atoms with Crippen LogP contribution in [0.25, 0.3) is 0 Å². The van der Waals surface area contributed by atoms with Gasteiger partial charge in [-0.2, -0.15) is 10.4 Å². The van der Waals surface area contributed by atoms with Crippen LogP contribution in [0.1, 0.15) is 39.3 Å². The summed E-state index contributed by atoms with van der Waals surface area (Å²) in [6.45, 7) is 1.58. The van der Waals surface area contributed by atoms with Gasteiger partial charge in [-0.1, -0.05) is 0 Å². The van der Waals surface area contributed by atoms with Crippen molar-refractivity contribution in [1.82, 2.24) is 9.78 Å². The maximum absolute atomic E-state index is 12.8. The Bertz CT molecular complexity index is 1550. The van der Waals surface area contributed by atoms with E-state index in [4.69, 9.17) is 0 Å². The predicted molar refractivity (Wildman–Crippen MR) is 154 cm³/mol. The standard InChI is InChI=1S/C30H29N7O3/c1-36-28(12-15-32-36)30(40)34-23-6-4-22(5-7-23)33-27-11-8-24(18-21(27)19-31)35-29(39)20-2-9-25(10-3-20)37-16-13-26(38)14-17-37/h2-12,15,18,26,33,38H,13-14,16-17H2,1H3,(H,34,40)(H,35,39). The molecule has 10 heteroatoms. The quantitative estimate of drug-likeness (QED) is 0.274. The fraction of sp³-hybridized carbons (Fsp3) is 0.200. The molecule has 10 nitrogen and oxygen atoms in total. The molecule has 2 amide bonds. The first-order chi connectivity index (χ1) is 19.4. The summed E-state index contributed by atoms with van der Waals surface area (Å²) >= 11 is 0. The van der Waals surface area contributed by atoms with E-state index in [0.717, 1.165) is 37.3 Å². The van der Waals surface area contributed by atoms with E-state index >= 15 is 0 Å². The van der Waals surface area contributed by atoms with Gasteiger partial charge in [0.2, 0.25) is 0 Å². The number of aliphatic hydroxyl groups excluding tert-OH is 1. The zero-order valence-corrected chi connectivity index (χ0v) is 22.0. The molecular formula is C30H29N7O3. The van der Waals surface area contributed by atoms with E-state index in [9.17, 15) is 20.0 Å². The first kappa shape index (κ1) is 26.5. The monoisotopic (exact) mass is 535 g/mol. The summed E-state index contributed by atoms with van der Waals surface area (Å²) in [6, 6.07) is 23.4. The van der Waals surface area contributed by atoms with Gasteiger partial charge in [-0.3, -0.25) is 14.3 Å². The fourth-order valence-corrected chi connectivity index (χ4v) is 4.56. The second kappa shape index (κ2) is 11.7. The lowest BCUT2D eigenvalue weighted by Gasteiger charge is -2.31. The van der Waals surface area contributed by atoms with Crippen molar-refractivity contribution in [3.63, 3.8) is 0 Å². The number of nitriles is 1. The molecular weight excluding hydrogens is 506 g/mol. The van der Waals surface area contributed by atoms with Gasteiger partial charge >= 0.3 is 0 Å². The number of hydrogen-bond acceptors (Lipinski definition) is 7. The van der Waals surface area contributed by atoms with Crippen molar-refractivity contribution in [3.05, 3.63) is 95.8 Å². The van der Waals surface area contributed by atoms with Crippen molar-refractivity contribution in [3.8, 4) is 6.07 Å². The number of nitrogens with zero attached hydrogens (tertiary/aromatic N) is 4. The number of piperidine rings is 1. The molecule has 1 aliphatic rings. The average molecular weight is 536 g/mol. The summed E-state index contributed by atoms with van der Waals surface area (Å²) in [6.07, 6.45) is 2.81. The van der Waals surface area contributed by atoms with Crippen molar-refractivity contribution in [2.24, 2.45) is 7.05 Å². The Morgan fingerprint density at radius 1 is 0.900 bits per heavy atom. The Labute approximate surface area is 231 Å². The zero-order chi connectivity index (χ0) is 28.1. The number of aryl methyl sites for hydroxylation is 1. The van der Waals surface area contributed by atoms with Gasteiger partial charge in [0.25, 0.3) is 11.8 Å². The number of benzene rings is 3. The van der Waals surface area contributed by atoms with E-state index in [1.807, 2.05) is 12.1 Å². The summed E-state index contributed by atoms with van der Waals surface area (Å²) in [5.41, 5.74) is 4.80. The van der Waals surface area contributed by atoms with Crippen LogP contribution in [0.4, 0.5) is 28.4 Å². The normalized spacial score (nSPS) is 13.4. The molecule has 40 heavy (non-hydrogen) atoms. The Morgan fingerprint density at radius 3 is 2.20 bits per heavy atom.